The van der Waals surface area contributed by atoms with Gasteiger partial charge in [-0.05, 0) is 56.7 Å². The van der Waals surface area contributed by atoms with Crippen molar-refractivity contribution in [2.24, 2.45) is 0 Å². The predicted molar refractivity (Wildman–Crippen MR) is 119 cm³/mol. The van der Waals surface area contributed by atoms with Crippen LogP contribution in [-0.4, -0.2) is 59.3 Å². The summed E-state index contributed by atoms with van der Waals surface area (Å²) in [5, 5.41) is 0.614. The molecule has 2 aromatic rings. The zero-order valence-electron chi connectivity index (χ0n) is 19.1. The maximum Gasteiger partial charge on any atom is 0.491 e. The number of hydrogen-bond acceptors (Lipinski definition) is 7. The zero-order valence-corrected chi connectivity index (χ0v) is 19.8. The molecule has 2 heterocycles. The molecule has 35 heavy (non-hydrogen) atoms. The lowest BCUT2D eigenvalue weighted by atomic mass is 9.84. The molecule has 0 amide bonds. The minimum Gasteiger partial charge on any atom is -0.446 e. The minimum absolute atomic E-state index is 0.0374. The third-order valence-electron chi connectivity index (χ3n) is 6.56. The first kappa shape index (κ1) is 25.7. The number of aromatic nitrogens is 1. The number of nitrogens with zero attached hydrogens (tertiary/aromatic N) is 2. The summed E-state index contributed by atoms with van der Waals surface area (Å²) in [5.41, 5.74) is 1.02. The van der Waals surface area contributed by atoms with Crippen molar-refractivity contribution in [1.29, 1.82) is 0 Å². The highest BCUT2D eigenvalue weighted by molar-refractivity contribution is 6.30. The van der Waals surface area contributed by atoms with Crippen molar-refractivity contribution < 1.29 is 36.7 Å². The maximum atomic E-state index is 12.6. The van der Waals surface area contributed by atoms with E-state index in [-0.39, 0.29) is 31.2 Å². The summed E-state index contributed by atoms with van der Waals surface area (Å²) >= 11 is 5.99. The number of rotatable bonds is 5. The van der Waals surface area contributed by atoms with Gasteiger partial charge in [0, 0.05) is 29.6 Å². The Morgan fingerprint density at radius 2 is 1.86 bits per heavy atom. The van der Waals surface area contributed by atoms with E-state index in [2.05, 4.69) is 14.6 Å². The summed E-state index contributed by atoms with van der Waals surface area (Å²) in [7, 11) is 0. The number of aryl methyl sites for hydroxylation is 1. The highest BCUT2D eigenvalue weighted by Gasteiger charge is 2.45. The Hall–Kier alpha value is -2.43. The van der Waals surface area contributed by atoms with E-state index in [0.29, 0.717) is 17.3 Å². The van der Waals surface area contributed by atoms with Gasteiger partial charge in [-0.2, -0.15) is 13.2 Å². The van der Waals surface area contributed by atoms with Gasteiger partial charge >= 0.3 is 18.1 Å². The van der Waals surface area contributed by atoms with Crippen LogP contribution in [0, 0.1) is 6.92 Å². The average molecular weight is 515 g/mol. The number of ether oxygens (including phenoxy) is 2. The van der Waals surface area contributed by atoms with E-state index in [1.54, 1.807) is 18.3 Å². The monoisotopic (exact) mass is 514 g/mol. The number of benzene rings is 1. The lowest BCUT2D eigenvalue weighted by Crippen LogP contribution is -2.57. The van der Waals surface area contributed by atoms with Crippen molar-refractivity contribution in [3.05, 3.63) is 52.7 Å². The number of carbonyl (C=O) groups is 2. The standard InChI is InChI=1S/C24H26ClF3N2O5/c1-14-11-29-21(34-14)16-4-8-18(9-5-16)30-12-20(22(31)35-23(32)24(26,27)28)33-13-19(30)10-15-2-6-17(25)7-3-15/h2-3,6-7,11,16,18-20H,4-5,8-10,12-13H2,1H3/t16?,18?,19-,20+/m0/s1. The van der Waals surface area contributed by atoms with Crippen LogP contribution in [0.25, 0.3) is 0 Å². The first-order valence-corrected chi connectivity index (χ1v) is 11.8. The Kier molecular flexibility index (Phi) is 7.83. The van der Waals surface area contributed by atoms with Gasteiger partial charge in [-0.25, -0.2) is 14.6 Å². The number of oxazole rings is 1. The molecule has 1 saturated heterocycles. The van der Waals surface area contributed by atoms with Gasteiger partial charge in [-0.3, -0.25) is 4.90 Å². The van der Waals surface area contributed by atoms with Gasteiger partial charge in [0.15, 0.2) is 12.0 Å². The third kappa shape index (κ3) is 6.42. The summed E-state index contributed by atoms with van der Waals surface area (Å²) in [5.74, 6) is -2.20. The van der Waals surface area contributed by atoms with Crippen LogP contribution in [0.15, 0.2) is 34.9 Å². The first-order valence-electron chi connectivity index (χ1n) is 11.5. The molecule has 11 heteroatoms. The van der Waals surface area contributed by atoms with Crippen molar-refractivity contribution in [1.82, 2.24) is 9.88 Å². The molecule has 1 aliphatic heterocycles. The molecule has 190 valence electrons. The summed E-state index contributed by atoms with van der Waals surface area (Å²) in [6.45, 7) is 2.00. The molecule has 2 atom stereocenters. The van der Waals surface area contributed by atoms with Crippen LogP contribution in [-0.2, 0) is 25.5 Å². The fourth-order valence-electron chi connectivity index (χ4n) is 4.81. The second kappa shape index (κ2) is 10.7. The molecule has 0 spiro atoms. The van der Waals surface area contributed by atoms with Gasteiger partial charge < -0.3 is 13.9 Å². The highest BCUT2D eigenvalue weighted by Crippen LogP contribution is 2.36. The molecule has 1 aromatic carbocycles. The number of halogens is 4. The van der Waals surface area contributed by atoms with Crippen molar-refractivity contribution >= 4 is 23.5 Å². The van der Waals surface area contributed by atoms with E-state index in [1.807, 2.05) is 19.1 Å². The molecule has 0 N–H and O–H groups in total. The van der Waals surface area contributed by atoms with E-state index >= 15 is 0 Å². The number of esters is 2. The SMILES string of the molecule is Cc1cnc(C2CCC(N3C[C@H](C(=O)OC(=O)C(F)(F)F)OC[C@@H]3Cc3ccc(Cl)cc3)CC2)o1. The Morgan fingerprint density at radius 1 is 1.17 bits per heavy atom. The summed E-state index contributed by atoms with van der Waals surface area (Å²) in [4.78, 5) is 29.9. The fraction of sp³-hybridized carbons (Fsp3) is 0.542. The van der Waals surface area contributed by atoms with E-state index in [1.165, 1.54) is 0 Å². The smallest absolute Gasteiger partial charge is 0.446 e. The number of alkyl halides is 3. The lowest BCUT2D eigenvalue weighted by Gasteiger charge is -2.45. The number of hydrogen-bond donors (Lipinski definition) is 0. The van der Waals surface area contributed by atoms with Gasteiger partial charge in [-0.1, -0.05) is 23.7 Å². The topological polar surface area (TPSA) is 81.9 Å². The molecular formula is C24H26ClF3N2O5. The van der Waals surface area contributed by atoms with Crippen molar-refractivity contribution in [2.45, 2.75) is 69.3 Å². The zero-order chi connectivity index (χ0) is 25.2. The summed E-state index contributed by atoms with van der Waals surface area (Å²) in [6, 6.07) is 7.37. The fourth-order valence-corrected chi connectivity index (χ4v) is 4.93. The van der Waals surface area contributed by atoms with Crippen LogP contribution >= 0.6 is 11.6 Å². The Morgan fingerprint density at radius 3 is 2.46 bits per heavy atom. The van der Waals surface area contributed by atoms with Crippen LogP contribution < -0.4 is 0 Å². The molecule has 1 saturated carbocycles. The molecule has 0 radical (unpaired) electrons. The summed E-state index contributed by atoms with van der Waals surface area (Å²) in [6.07, 6.45) is -0.968. The van der Waals surface area contributed by atoms with E-state index < -0.39 is 24.2 Å². The molecule has 4 rings (SSSR count). The third-order valence-corrected chi connectivity index (χ3v) is 6.81. The normalized spacial score (nSPS) is 25.9. The Bertz CT molecular complexity index is 1030. The molecule has 0 bridgehead atoms. The Balaban J connectivity index is 1.46. The van der Waals surface area contributed by atoms with E-state index in [0.717, 1.165) is 37.0 Å². The van der Waals surface area contributed by atoms with E-state index in [4.69, 9.17) is 20.8 Å². The minimum atomic E-state index is -5.25. The van der Waals surface area contributed by atoms with Gasteiger partial charge in [-0.15, -0.1) is 0 Å². The van der Waals surface area contributed by atoms with Crippen LogP contribution in [0.2, 0.25) is 5.02 Å². The van der Waals surface area contributed by atoms with Gasteiger partial charge in [0.05, 0.1) is 12.8 Å². The van der Waals surface area contributed by atoms with E-state index in [9.17, 15) is 22.8 Å². The number of morpholine rings is 1. The largest absolute Gasteiger partial charge is 0.491 e. The van der Waals surface area contributed by atoms with Gasteiger partial charge in [0.2, 0.25) is 0 Å². The van der Waals surface area contributed by atoms with Crippen LogP contribution in [0.4, 0.5) is 13.2 Å². The molecule has 1 aliphatic carbocycles. The second-order valence-electron chi connectivity index (χ2n) is 9.02. The number of carbonyl (C=O) groups excluding carboxylic acids is 2. The summed E-state index contributed by atoms with van der Waals surface area (Å²) < 4.78 is 53.0. The van der Waals surface area contributed by atoms with Gasteiger partial charge in [0.1, 0.15) is 5.76 Å². The van der Waals surface area contributed by atoms with Crippen LogP contribution in [0.5, 0.6) is 0 Å². The average Bonchev–Trinajstić information content (AvgIpc) is 3.26. The molecule has 1 aromatic heterocycles. The highest BCUT2D eigenvalue weighted by atomic mass is 35.5. The molecule has 2 fully saturated rings. The van der Waals surface area contributed by atoms with Crippen molar-refractivity contribution in [2.75, 3.05) is 13.2 Å². The maximum absolute atomic E-state index is 12.6. The molecule has 2 aliphatic rings. The Labute approximate surface area is 205 Å². The van der Waals surface area contributed by atoms with Crippen LogP contribution in [0.1, 0.15) is 48.8 Å². The molecule has 7 nitrogen and oxygen atoms in total. The van der Waals surface area contributed by atoms with Gasteiger partial charge in [0.25, 0.3) is 0 Å². The predicted octanol–water partition coefficient (Wildman–Crippen LogP) is 4.61. The molecular weight excluding hydrogens is 489 g/mol. The molecule has 0 unspecified atom stereocenters. The van der Waals surface area contributed by atoms with Crippen LogP contribution in [0.3, 0.4) is 0 Å². The van der Waals surface area contributed by atoms with Crippen molar-refractivity contribution in [3.63, 3.8) is 0 Å². The first-order chi connectivity index (χ1) is 16.6. The van der Waals surface area contributed by atoms with Crippen molar-refractivity contribution in [3.8, 4) is 0 Å². The lowest BCUT2D eigenvalue weighted by molar-refractivity contribution is -0.207. The second-order valence-corrected chi connectivity index (χ2v) is 9.46. The quantitative estimate of drug-likeness (QED) is 0.426.